The van der Waals surface area contributed by atoms with Gasteiger partial charge in [0, 0.05) is 12.1 Å². The number of aryl methyl sites for hydroxylation is 1. The lowest BCUT2D eigenvalue weighted by Crippen LogP contribution is -2.03. The maximum absolute atomic E-state index is 5.47. The lowest BCUT2D eigenvalue weighted by atomic mass is 10.3. The van der Waals surface area contributed by atoms with Crippen molar-refractivity contribution >= 4 is 5.52 Å². The van der Waals surface area contributed by atoms with Crippen LogP contribution in [0.25, 0.3) is 5.52 Å². The van der Waals surface area contributed by atoms with Gasteiger partial charge in [-0.05, 0) is 31.7 Å². The third-order valence-electron chi connectivity index (χ3n) is 2.13. The first-order chi connectivity index (χ1) is 6.31. The Labute approximate surface area is 77.2 Å². The zero-order valence-corrected chi connectivity index (χ0v) is 7.70. The van der Waals surface area contributed by atoms with Crippen molar-refractivity contribution in [3.8, 4) is 0 Å². The second-order valence-corrected chi connectivity index (χ2v) is 3.18. The number of nitrogens with zero attached hydrogens (tertiary/aromatic N) is 2. The molecule has 0 aromatic carbocycles. The van der Waals surface area contributed by atoms with Crippen LogP contribution >= 0.6 is 0 Å². The van der Waals surface area contributed by atoms with E-state index in [0.29, 0.717) is 6.54 Å². The molecule has 0 aliphatic heterocycles. The average molecular weight is 175 g/mol. The van der Waals surface area contributed by atoms with Gasteiger partial charge in [0.1, 0.15) is 0 Å². The molecular weight excluding hydrogens is 162 g/mol. The summed E-state index contributed by atoms with van der Waals surface area (Å²) in [5.41, 5.74) is 8.83. The van der Waals surface area contributed by atoms with Gasteiger partial charge in [0.25, 0.3) is 0 Å². The van der Waals surface area contributed by atoms with Gasteiger partial charge in [-0.15, -0.1) is 0 Å². The highest BCUT2D eigenvalue weighted by Gasteiger charge is 2.01. The molecule has 0 spiro atoms. The summed E-state index contributed by atoms with van der Waals surface area (Å²) in [6.45, 7) is 2.70. The highest BCUT2D eigenvalue weighted by molar-refractivity contribution is 5.48. The van der Waals surface area contributed by atoms with E-state index in [4.69, 9.17) is 5.73 Å². The molecule has 0 atom stereocenters. The van der Waals surface area contributed by atoms with Crippen LogP contribution in [0.2, 0.25) is 0 Å². The van der Waals surface area contributed by atoms with E-state index in [9.17, 15) is 0 Å². The standard InChI is InChI=1S/C10H13N3/c1-8-3-2-4-10-7-9(5-6-11)12-13(8)10/h2-4,7H,5-6,11H2,1H3. The fourth-order valence-corrected chi connectivity index (χ4v) is 1.47. The molecule has 2 aromatic rings. The van der Waals surface area contributed by atoms with Crippen LogP contribution in [0.4, 0.5) is 0 Å². The summed E-state index contributed by atoms with van der Waals surface area (Å²) < 4.78 is 1.95. The quantitative estimate of drug-likeness (QED) is 0.744. The summed E-state index contributed by atoms with van der Waals surface area (Å²) in [7, 11) is 0. The minimum Gasteiger partial charge on any atom is -0.330 e. The lowest BCUT2D eigenvalue weighted by Gasteiger charge is -1.95. The van der Waals surface area contributed by atoms with Crippen LogP contribution < -0.4 is 5.73 Å². The van der Waals surface area contributed by atoms with Crippen molar-refractivity contribution in [1.29, 1.82) is 0 Å². The Kier molecular flexibility index (Phi) is 2.02. The topological polar surface area (TPSA) is 43.3 Å². The van der Waals surface area contributed by atoms with Crippen molar-refractivity contribution < 1.29 is 0 Å². The van der Waals surface area contributed by atoms with Gasteiger partial charge in [-0.2, -0.15) is 5.10 Å². The summed E-state index contributed by atoms with van der Waals surface area (Å²) in [5, 5.41) is 4.44. The number of rotatable bonds is 2. The van der Waals surface area contributed by atoms with Gasteiger partial charge in [0.05, 0.1) is 11.2 Å². The number of nitrogens with two attached hydrogens (primary N) is 1. The summed E-state index contributed by atoms with van der Waals surface area (Å²) in [6.07, 6.45) is 0.848. The summed E-state index contributed by atoms with van der Waals surface area (Å²) >= 11 is 0. The van der Waals surface area contributed by atoms with Crippen molar-refractivity contribution in [2.75, 3.05) is 6.54 Å². The molecule has 2 aromatic heterocycles. The molecular formula is C10H13N3. The maximum atomic E-state index is 5.47. The number of hydrogen-bond donors (Lipinski definition) is 1. The Hall–Kier alpha value is -1.35. The monoisotopic (exact) mass is 175 g/mol. The first-order valence-electron chi connectivity index (χ1n) is 4.45. The van der Waals surface area contributed by atoms with Crippen molar-refractivity contribution in [1.82, 2.24) is 9.61 Å². The maximum Gasteiger partial charge on any atom is 0.0667 e. The lowest BCUT2D eigenvalue weighted by molar-refractivity contribution is 0.841. The Morgan fingerprint density at radius 3 is 3.00 bits per heavy atom. The Bertz CT molecular complexity index is 417. The van der Waals surface area contributed by atoms with E-state index in [0.717, 1.165) is 23.3 Å². The molecule has 0 unspecified atom stereocenters. The summed E-state index contributed by atoms with van der Waals surface area (Å²) in [6, 6.07) is 8.23. The number of aromatic nitrogens is 2. The number of pyridine rings is 1. The summed E-state index contributed by atoms with van der Waals surface area (Å²) in [5.74, 6) is 0. The van der Waals surface area contributed by atoms with Gasteiger partial charge < -0.3 is 5.73 Å². The van der Waals surface area contributed by atoms with Crippen molar-refractivity contribution in [2.45, 2.75) is 13.3 Å². The van der Waals surface area contributed by atoms with E-state index < -0.39 is 0 Å². The zero-order chi connectivity index (χ0) is 9.26. The minimum absolute atomic E-state index is 0.656. The number of hydrogen-bond acceptors (Lipinski definition) is 2. The highest BCUT2D eigenvalue weighted by Crippen LogP contribution is 2.08. The molecule has 0 amide bonds. The fraction of sp³-hybridized carbons (Fsp3) is 0.300. The third kappa shape index (κ3) is 1.42. The predicted molar refractivity (Wildman–Crippen MR) is 52.7 cm³/mol. The van der Waals surface area contributed by atoms with Crippen LogP contribution in [-0.4, -0.2) is 16.2 Å². The molecule has 3 nitrogen and oxygen atoms in total. The largest absolute Gasteiger partial charge is 0.330 e. The molecule has 2 N–H and O–H groups in total. The second-order valence-electron chi connectivity index (χ2n) is 3.18. The van der Waals surface area contributed by atoms with Crippen LogP contribution in [0, 0.1) is 6.92 Å². The first kappa shape index (κ1) is 8.26. The first-order valence-corrected chi connectivity index (χ1v) is 4.45. The van der Waals surface area contributed by atoms with Gasteiger partial charge in [-0.3, -0.25) is 0 Å². The summed E-state index contributed by atoms with van der Waals surface area (Å²) in [4.78, 5) is 0. The molecule has 0 aliphatic carbocycles. The van der Waals surface area contributed by atoms with E-state index >= 15 is 0 Å². The molecule has 2 rings (SSSR count). The van der Waals surface area contributed by atoms with Crippen molar-refractivity contribution in [3.05, 3.63) is 35.7 Å². The normalized spacial score (nSPS) is 10.9. The Morgan fingerprint density at radius 2 is 2.31 bits per heavy atom. The van der Waals surface area contributed by atoms with Gasteiger partial charge in [0.2, 0.25) is 0 Å². The molecule has 0 saturated carbocycles. The second kappa shape index (κ2) is 3.18. The molecule has 0 aliphatic rings. The van der Waals surface area contributed by atoms with Crippen LogP contribution in [0.15, 0.2) is 24.3 Å². The van der Waals surface area contributed by atoms with Gasteiger partial charge in [-0.25, -0.2) is 4.52 Å². The van der Waals surface area contributed by atoms with Crippen LogP contribution in [0.3, 0.4) is 0 Å². The minimum atomic E-state index is 0.656. The molecule has 0 radical (unpaired) electrons. The number of fused-ring (bicyclic) bond motifs is 1. The molecule has 68 valence electrons. The van der Waals surface area contributed by atoms with Crippen molar-refractivity contribution in [3.63, 3.8) is 0 Å². The predicted octanol–water partition coefficient (Wildman–Crippen LogP) is 1.14. The van der Waals surface area contributed by atoms with E-state index in [2.05, 4.69) is 17.2 Å². The molecule has 0 saturated heterocycles. The molecule has 13 heavy (non-hydrogen) atoms. The molecule has 3 heteroatoms. The van der Waals surface area contributed by atoms with Crippen molar-refractivity contribution in [2.24, 2.45) is 5.73 Å². The Morgan fingerprint density at radius 1 is 1.46 bits per heavy atom. The van der Waals surface area contributed by atoms with E-state index in [1.54, 1.807) is 0 Å². The SMILES string of the molecule is Cc1cccc2cc(CCN)nn12. The van der Waals surface area contributed by atoms with Gasteiger partial charge in [-0.1, -0.05) is 6.07 Å². The zero-order valence-electron chi connectivity index (χ0n) is 7.70. The van der Waals surface area contributed by atoms with Gasteiger partial charge in [0.15, 0.2) is 0 Å². The fourth-order valence-electron chi connectivity index (χ4n) is 1.47. The molecule has 0 bridgehead atoms. The van der Waals surface area contributed by atoms with Crippen LogP contribution in [-0.2, 0) is 6.42 Å². The van der Waals surface area contributed by atoms with Crippen LogP contribution in [0.1, 0.15) is 11.4 Å². The average Bonchev–Trinajstić information content (AvgIpc) is 2.49. The third-order valence-corrected chi connectivity index (χ3v) is 2.13. The Balaban J connectivity index is 2.55. The highest BCUT2D eigenvalue weighted by atomic mass is 15.2. The van der Waals surface area contributed by atoms with E-state index in [-0.39, 0.29) is 0 Å². The molecule has 0 fully saturated rings. The van der Waals surface area contributed by atoms with Gasteiger partial charge >= 0.3 is 0 Å². The smallest absolute Gasteiger partial charge is 0.0667 e. The van der Waals surface area contributed by atoms with Crippen LogP contribution in [0.5, 0.6) is 0 Å². The van der Waals surface area contributed by atoms with E-state index in [1.807, 2.05) is 23.6 Å². The molecule has 2 heterocycles. The van der Waals surface area contributed by atoms with E-state index in [1.165, 1.54) is 0 Å².